The van der Waals surface area contributed by atoms with E-state index in [1.807, 2.05) is 13.8 Å². The van der Waals surface area contributed by atoms with Gasteiger partial charge >= 0.3 is 12.1 Å². The molecular weight excluding hydrogens is 299 g/mol. The van der Waals surface area contributed by atoms with Crippen LogP contribution in [-0.2, 0) is 10.9 Å². The van der Waals surface area contributed by atoms with E-state index < -0.39 is 23.4 Å². The second-order valence-electron chi connectivity index (χ2n) is 5.35. The minimum Gasteiger partial charge on any atom is -0.461 e. The quantitative estimate of drug-likeness (QED) is 0.833. The van der Waals surface area contributed by atoms with Crippen molar-refractivity contribution in [3.05, 3.63) is 29.6 Å². The smallest absolute Gasteiger partial charge is 0.418 e. The minimum absolute atomic E-state index is 0.0510. The largest absolute Gasteiger partial charge is 0.461 e. The number of carbonyl (C=O) groups is 1. The second-order valence-corrected chi connectivity index (χ2v) is 5.35. The fourth-order valence-corrected chi connectivity index (χ4v) is 2.56. The Labute approximate surface area is 126 Å². The molecule has 1 aliphatic rings. The van der Waals surface area contributed by atoms with Gasteiger partial charge < -0.3 is 4.74 Å². The van der Waals surface area contributed by atoms with Crippen molar-refractivity contribution in [2.45, 2.75) is 38.5 Å². The van der Waals surface area contributed by atoms with Crippen LogP contribution in [0.5, 0.6) is 0 Å². The van der Waals surface area contributed by atoms with Gasteiger partial charge in [-0.1, -0.05) is 0 Å². The molecule has 22 heavy (non-hydrogen) atoms. The third kappa shape index (κ3) is 3.75. The number of ether oxygens (including phenoxy) is 1. The van der Waals surface area contributed by atoms with Crippen molar-refractivity contribution in [1.82, 2.24) is 15.8 Å². The lowest BCUT2D eigenvalue weighted by atomic mass is 9.94. The van der Waals surface area contributed by atoms with Gasteiger partial charge in [-0.2, -0.15) is 13.2 Å². The van der Waals surface area contributed by atoms with Crippen LogP contribution in [0.15, 0.2) is 18.3 Å². The summed E-state index contributed by atoms with van der Waals surface area (Å²) in [6, 6.07) is 2.36. The third-order valence-corrected chi connectivity index (χ3v) is 3.81. The molecule has 2 atom stereocenters. The molecule has 5 nitrogen and oxygen atoms in total. The zero-order valence-electron chi connectivity index (χ0n) is 12.3. The van der Waals surface area contributed by atoms with E-state index >= 15 is 0 Å². The fraction of sp³-hybridized carbons (Fsp3) is 0.571. The molecule has 122 valence electrons. The van der Waals surface area contributed by atoms with E-state index in [0.29, 0.717) is 6.42 Å². The summed E-state index contributed by atoms with van der Waals surface area (Å²) in [5.41, 5.74) is 4.36. The zero-order chi connectivity index (χ0) is 16.3. The van der Waals surface area contributed by atoms with Gasteiger partial charge in [-0.3, -0.25) is 10.9 Å². The molecule has 0 aliphatic carbocycles. The van der Waals surface area contributed by atoms with Gasteiger partial charge in [0.25, 0.3) is 0 Å². The first-order valence-electron chi connectivity index (χ1n) is 7.01. The molecule has 1 aromatic rings. The van der Waals surface area contributed by atoms with Crippen LogP contribution in [0.2, 0.25) is 0 Å². The average molecular weight is 317 g/mol. The van der Waals surface area contributed by atoms with Gasteiger partial charge in [-0.05, 0) is 38.3 Å². The molecule has 2 rings (SSSR count). The Kier molecular flexibility index (Phi) is 5.02. The molecule has 2 N–H and O–H groups in total. The number of nitrogens with one attached hydrogen (secondary N) is 2. The van der Waals surface area contributed by atoms with E-state index in [1.165, 1.54) is 0 Å². The van der Waals surface area contributed by atoms with E-state index in [0.717, 1.165) is 18.3 Å². The molecule has 0 bridgehead atoms. The molecule has 0 spiro atoms. The average Bonchev–Trinajstić information content (AvgIpc) is 2.78. The lowest BCUT2D eigenvalue weighted by molar-refractivity contribution is -0.138. The number of hydrogen-bond acceptors (Lipinski definition) is 5. The molecule has 2 heterocycles. The maximum absolute atomic E-state index is 12.8. The third-order valence-electron chi connectivity index (χ3n) is 3.81. The van der Waals surface area contributed by atoms with Crippen molar-refractivity contribution in [2.24, 2.45) is 5.92 Å². The van der Waals surface area contributed by atoms with Crippen molar-refractivity contribution < 1.29 is 22.7 Å². The lowest BCUT2D eigenvalue weighted by Crippen LogP contribution is -2.30. The first-order valence-corrected chi connectivity index (χ1v) is 7.01. The summed E-state index contributed by atoms with van der Waals surface area (Å²) in [6.45, 7) is 4.03. The monoisotopic (exact) mass is 317 g/mol. The normalized spacial score (nSPS) is 25.2. The van der Waals surface area contributed by atoms with Crippen LogP contribution in [0.25, 0.3) is 0 Å². The van der Waals surface area contributed by atoms with Crippen molar-refractivity contribution >= 4 is 5.97 Å². The van der Waals surface area contributed by atoms with Gasteiger partial charge in [-0.25, -0.2) is 9.78 Å². The molecule has 1 aromatic heterocycles. The number of esters is 1. The number of carbonyl (C=O) groups excluding carboxylic acids is 1. The molecule has 0 saturated carbocycles. The minimum atomic E-state index is -4.63. The predicted octanol–water partition coefficient (Wildman–Crippen LogP) is 2.15. The summed E-state index contributed by atoms with van der Waals surface area (Å²) >= 11 is 0. The highest BCUT2D eigenvalue weighted by molar-refractivity contribution is 5.89. The van der Waals surface area contributed by atoms with E-state index in [9.17, 15) is 18.0 Å². The maximum atomic E-state index is 12.8. The number of hydrogen-bond donors (Lipinski definition) is 2. The summed E-state index contributed by atoms with van der Waals surface area (Å²) in [7, 11) is 0. The Hall–Kier alpha value is -1.67. The molecule has 2 unspecified atom stereocenters. The predicted molar refractivity (Wildman–Crippen MR) is 72.8 cm³/mol. The molecule has 0 aromatic carbocycles. The highest BCUT2D eigenvalue weighted by atomic mass is 19.4. The van der Waals surface area contributed by atoms with Gasteiger partial charge in [0.05, 0.1) is 12.2 Å². The number of pyridine rings is 1. The van der Waals surface area contributed by atoms with Gasteiger partial charge in [0, 0.05) is 18.3 Å². The van der Waals surface area contributed by atoms with Crippen LogP contribution in [0.4, 0.5) is 13.2 Å². The number of halogens is 3. The Balaban J connectivity index is 1.96. The zero-order valence-corrected chi connectivity index (χ0v) is 12.3. The topological polar surface area (TPSA) is 63.2 Å². The standard InChI is InChI=1S/C14H18F3N3O2/c1-8-10(9(2)20-19-8)5-7-22-13(21)12-11(14(15,16)17)4-3-6-18-12/h3-4,6,8-10,19-20H,5,7H2,1-2H3. The van der Waals surface area contributed by atoms with E-state index in [2.05, 4.69) is 15.8 Å². The van der Waals surface area contributed by atoms with Gasteiger partial charge in [0.1, 0.15) is 0 Å². The second kappa shape index (κ2) is 6.62. The molecule has 0 radical (unpaired) electrons. The highest BCUT2D eigenvalue weighted by Crippen LogP contribution is 2.31. The van der Waals surface area contributed by atoms with Gasteiger partial charge in [-0.15, -0.1) is 0 Å². The molecule has 8 heteroatoms. The SMILES string of the molecule is CC1NNC(C)C1CCOC(=O)c1ncccc1C(F)(F)F. The van der Waals surface area contributed by atoms with Crippen molar-refractivity contribution in [2.75, 3.05) is 6.61 Å². The fourth-order valence-electron chi connectivity index (χ4n) is 2.56. The highest BCUT2D eigenvalue weighted by Gasteiger charge is 2.36. The van der Waals surface area contributed by atoms with Crippen molar-refractivity contribution in [1.29, 1.82) is 0 Å². The Bertz CT molecular complexity index is 526. The van der Waals surface area contributed by atoms with Crippen LogP contribution in [0.3, 0.4) is 0 Å². The summed E-state index contributed by atoms with van der Waals surface area (Å²) in [6.07, 6.45) is -2.94. The molecule has 0 amide bonds. The first kappa shape index (κ1) is 16.7. The number of hydrazine groups is 1. The van der Waals surface area contributed by atoms with Crippen LogP contribution in [0.1, 0.15) is 36.3 Å². The van der Waals surface area contributed by atoms with E-state index in [4.69, 9.17) is 4.74 Å². The number of rotatable bonds is 4. The summed E-state index contributed by atoms with van der Waals surface area (Å²) < 4.78 is 43.4. The number of alkyl halides is 3. The first-order chi connectivity index (χ1) is 10.3. The maximum Gasteiger partial charge on any atom is 0.418 e. The van der Waals surface area contributed by atoms with Crippen LogP contribution >= 0.6 is 0 Å². The Morgan fingerprint density at radius 3 is 2.55 bits per heavy atom. The van der Waals surface area contributed by atoms with Gasteiger partial charge in [0.15, 0.2) is 5.69 Å². The van der Waals surface area contributed by atoms with Crippen molar-refractivity contribution in [3.8, 4) is 0 Å². The molecule has 1 aliphatic heterocycles. The van der Waals surface area contributed by atoms with Crippen LogP contribution in [0, 0.1) is 5.92 Å². The number of aromatic nitrogens is 1. The number of nitrogens with zero attached hydrogens (tertiary/aromatic N) is 1. The van der Waals surface area contributed by atoms with Crippen molar-refractivity contribution in [3.63, 3.8) is 0 Å². The Morgan fingerprint density at radius 1 is 1.32 bits per heavy atom. The summed E-state index contributed by atoms with van der Waals surface area (Å²) in [5.74, 6) is -0.814. The van der Waals surface area contributed by atoms with Crippen LogP contribution < -0.4 is 10.9 Å². The van der Waals surface area contributed by atoms with E-state index in [-0.39, 0.29) is 24.6 Å². The summed E-state index contributed by atoms with van der Waals surface area (Å²) in [5, 5.41) is 0. The molecule has 1 saturated heterocycles. The molecule has 1 fully saturated rings. The van der Waals surface area contributed by atoms with Gasteiger partial charge in [0.2, 0.25) is 0 Å². The Morgan fingerprint density at radius 2 is 1.95 bits per heavy atom. The van der Waals surface area contributed by atoms with Crippen LogP contribution in [-0.4, -0.2) is 29.6 Å². The van der Waals surface area contributed by atoms with E-state index in [1.54, 1.807) is 0 Å². The molecular formula is C14H18F3N3O2. The summed E-state index contributed by atoms with van der Waals surface area (Å²) in [4.78, 5) is 15.3. The lowest BCUT2D eigenvalue weighted by Gasteiger charge is -2.17.